The van der Waals surface area contributed by atoms with Gasteiger partial charge < -0.3 is 15.3 Å². The van der Waals surface area contributed by atoms with Crippen molar-refractivity contribution in [3.8, 4) is 0 Å². The number of anilines is 1. The molecule has 1 heterocycles. The quantitative estimate of drug-likeness (QED) is 0.650. The number of aryl methyl sites for hydroxylation is 2. The summed E-state index contributed by atoms with van der Waals surface area (Å²) in [5, 5.41) is 18.5. The van der Waals surface area contributed by atoms with Gasteiger partial charge in [-0.3, -0.25) is 4.79 Å². The van der Waals surface area contributed by atoms with Crippen LogP contribution < -0.4 is 10.5 Å². The van der Waals surface area contributed by atoms with Crippen LogP contribution in [0.3, 0.4) is 0 Å². The lowest BCUT2D eigenvalue weighted by Gasteiger charge is -2.30. The molecule has 2 atom stereocenters. The Hall–Kier alpha value is -1.88. The molecule has 4 N–H and O–H groups in total. The molecule has 0 radical (unpaired) electrons. The Morgan fingerprint density at radius 2 is 2.07 bits per heavy atom. The third-order valence-corrected chi connectivity index (χ3v) is 9.23. The van der Waals surface area contributed by atoms with Crippen LogP contribution in [0.5, 0.6) is 0 Å². The molecule has 2 unspecified atom stereocenters. The minimum Gasteiger partial charge on any atom is -0.387 e. The molecule has 0 bridgehead atoms. The van der Waals surface area contributed by atoms with E-state index in [4.69, 9.17) is 5.14 Å². The van der Waals surface area contributed by atoms with Crippen molar-refractivity contribution in [3.63, 3.8) is 0 Å². The Balaban J connectivity index is 1.63. The summed E-state index contributed by atoms with van der Waals surface area (Å²) in [6.45, 7) is 3.29. The van der Waals surface area contributed by atoms with Crippen LogP contribution in [-0.2, 0) is 29.2 Å². The van der Waals surface area contributed by atoms with Crippen molar-refractivity contribution in [2.45, 2.75) is 56.9 Å². The molecule has 0 saturated heterocycles. The number of carbonyl (C=O) groups excluding carboxylic acids is 2. The van der Waals surface area contributed by atoms with Gasteiger partial charge in [-0.2, -0.15) is 0 Å². The second kappa shape index (κ2) is 7.37. The standard InChI is InChI=1S/C20H26N4O4S2/c1-20(2,27)18-24(3)10-15(29-18)30(21,28)23-19(26)22-17-13-6-4-5-11(13)9-12-7-8-14(25)16(12)17/h9-10,18,27H,4-8H2,1-3H3,(H3,21,22,23,26,28). The summed E-state index contributed by atoms with van der Waals surface area (Å²) < 4.78 is 17.0. The molecule has 0 aromatic heterocycles. The van der Waals surface area contributed by atoms with E-state index in [1.54, 1.807) is 32.0 Å². The minimum absolute atomic E-state index is 0.00665. The maximum atomic E-state index is 13.0. The lowest BCUT2D eigenvalue weighted by atomic mass is 9.98. The molecule has 30 heavy (non-hydrogen) atoms. The van der Waals surface area contributed by atoms with Crippen LogP contribution in [0.1, 0.15) is 53.7 Å². The zero-order valence-corrected chi connectivity index (χ0v) is 18.9. The first kappa shape index (κ1) is 21.4. The maximum Gasteiger partial charge on any atom is 0.354 e. The van der Waals surface area contributed by atoms with Crippen LogP contribution in [0.15, 0.2) is 20.9 Å². The highest BCUT2D eigenvalue weighted by Crippen LogP contribution is 2.41. The number of urea groups is 1. The molecular formula is C20H26N4O4S2. The number of rotatable bonds is 3. The van der Waals surface area contributed by atoms with Crippen LogP contribution in [0.4, 0.5) is 10.5 Å². The molecule has 8 nitrogen and oxygen atoms in total. The molecule has 1 aliphatic heterocycles. The molecule has 2 aliphatic carbocycles. The molecule has 0 spiro atoms. The fourth-order valence-corrected chi connectivity index (χ4v) is 6.97. The van der Waals surface area contributed by atoms with Crippen molar-refractivity contribution < 1.29 is 18.9 Å². The number of nitrogens with zero attached hydrogens (tertiary/aromatic N) is 2. The number of nitrogens with two attached hydrogens (primary N) is 1. The van der Waals surface area contributed by atoms with Gasteiger partial charge in [-0.25, -0.2) is 14.1 Å². The predicted octanol–water partition coefficient (Wildman–Crippen LogP) is 2.75. The minimum atomic E-state index is -3.50. The number of aliphatic hydroxyl groups is 1. The van der Waals surface area contributed by atoms with E-state index in [0.717, 1.165) is 47.7 Å². The number of ketones is 1. The predicted molar refractivity (Wildman–Crippen MR) is 118 cm³/mol. The fourth-order valence-electron chi connectivity index (χ4n) is 4.38. The monoisotopic (exact) mass is 450 g/mol. The van der Waals surface area contributed by atoms with Crippen LogP contribution in [0.2, 0.25) is 0 Å². The second-order valence-electron chi connectivity index (χ2n) is 8.53. The Kier molecular flexibility index (Phi) is 5.24. The summed E-state index contributed by atoms with van der Waals surface area (Å²) in [4.78, 5) is 26.8. The molecule has 0 fully saturated rings. The third-order valence-electron chi connectivity index (χ3n) is 5.63. The van der Waals surface area contributed by atoms with Crippen molar-refractivity contribution in [3.05, 3.63) is 38.8 Å². The SMILES string of the molecule is CN1C=C(S(N)(=O)=NC(=O)Nc2c3c(cc4c2C(=O)CC4)CCC3)SC1C(C)(C)O. The number of thioether (sulfide) groups is 1. The highest BCUT2D eigenvalue weighted by atomic mass is 32.3. The van der Waals surface area contributed by atoms with E-state index in [1.165, 1.54) is 0 Å². The average Bonchev–Trinajstić information content (AvgIpc) is 3.32. The number of Topliss-reactive ketones (excluding diaryl/α,β-unsaturated/α-hetero) is 1. The largest absolute Gasteiger partial charge is 0.387 e. The summed E-state index contributed by atoms with van der Waals surface area (Å²) >= 11 is 1.13. The Labute approximate surface area is 180 Å². The fraction of sp³-hybridized carbons (Fsp3) is 0.500. The normalized spacial score (nSPS) is 22.4. The number of hydrogen-bond donors (Lipinski definition) is 3. The van der Waals surface area contributed by atoms with Gasteiger partial charge in [0.1, 0.15) is 9.61 Å². The van der Waals surface area contributed by atoms with Crippen molar-refractivity contribution in [2.75, 3.05) is 12.4 Å². The van der Waals surface area contributed by atoms with Crippen LogP contribution in [0, 0.1) is 0 Å². The number of benzene rings is 1. The number of fused-ring (bicyclic) bond motifs is 2. The van der Waals surface area contributed by atoms with E-state index in [2.05, 4.69) is 15.7 Å². The Morgan fingerprint density at radius 1 is 1.33 bits per heavy atom. The number of carbonyl (C=O) groups is 2. The lowest BCUT2D eigenvalue weighted by Crippen LogP contribution is -2.40. The van der Waals surface area contributed by atoms with Crippen molar-refractivity contribution in [1.29, 1.82) is 0 Å². The topological polar surface area (TPSA) is 125 Å². The van der Waals surface area contributed by atoms with Gasteiger partial charge >= 0.3 is 6.03 Å². The highest BCUT2D eigenvalue weighted by molar-refractivity contribution is 8.19. The highest BCUT2D eigenvalue weighted by Gasteiger charge is 2.38. The van der Waals surface area contributed by atoms with Crippen LogP contribution in [0.25, 0.3) is 0 Å². The maximum absolute atomic E-state index is 13.0. The van der Waals surface area contributed by atoms with E-state index in [0.29, 0.717) is 24.1 Å². The summed E-state index contributed by atoms with van der Waals surface area (Å²) in [6, 6.07) is 1.24. The van der Waals surface area contributed by atoms with Gasteiger partial charge in [0.15, 0.2) is 15.7 Å². The summed E-state index contributed by atoms with van der Waals surface area (Å²) in [6.07, 6.45) is 5.31. The van der Waals surface area contributed by atoms with Gasteiger partial charge in [0, 0.05) is 25.2 Å². The van der Waals surface area contributed by atoms with Gasteiger partial charge in [0.25, 0.3) is 0 Å². The molecule has 0 saturated carbocycles. The summed E-state index contributed by atoms with van der Waals surface area (Å²) in [5.41, 5.74) is 3.06. The second-order valence-corrected chi connectivity index (χ2v) is 11.7. The number of likely N-dealkylation sites (N-methyl/N-ethyl adjacent to an activating group) is 1. The van der Waals surface area contributed by atoms with Crippen molar-refractivity contribution in [1.82, 2.24) is 4.90 Å². The third kappa shape index (κ3) is 3.77. The smallest absolute Gasteiger partial charge is 0.354 e. The van der Waals surface area contributed by atoms with Crippen LogP contribution in [-0.4, -0.2) is 44.1 Å². The Morgan fingerprint density at radius 3 is 2.73 bits per heavy atom. The van der Waals surface area contributed by atoms with E-state index < -0.39 is 26.9 Å². The van der Waals surface area contributed by atoms with E-state index >= 15 is 0 Å². The van der Waals surface area contributed by atoms with Gasteiger partial charge in [-0.1, -0.05) is 17.8 Å². The average molecular weight is 451 g/mol. The number of hydrogen-bond acceptors (Lipinski definition) is 6. The van der Waals surface area contributed by atoms with E-state index in [-0.39, 0.29) is 10.0 Å². The lowest BCUT2D eigenvalue weighted by molar-refractivity contribution is 0.0437. The molecule has 10 heteroatoms. The van der Waals surface area contributed by atoms with E-state index in [9.17, 15) is 18.9 Å². The molecule has 3 aliphatic rings. The molecule has 162 valence electrons. The Bertz CT molecular complexity index is 1100. The molecule has 1 aromatic rings. The number of amides is 2. The van der Waals surface area contributed by atoms with Gasteiger partial charge in [-0.15, -0.1) is 4.36 Å². The van der Waals surface area contributed by atoms with Crippen LogP contribution >= 0.6 is 11.8 Å². The number of nitrogens with one attached hydrogen (secondary N) is 1. The molecule has 1 aromatic carbocycles. The zero-order valence-electron chi connectivity index (χ0n) is 17.2. The molecule has 4 rings (SSSR count). The van der Waals surface area contributed by atoms with Gasteiger partial charge in [-0.05, 0) is 56.2 Å². The first-order valence-electron chi connectivity index (χ1n) is 9.87. The molecule has 2 amide bonds. The van der Waals surface area contributed by atoms with Gasteiger partial charge in [0.05, 0.1) is 11.3 Å². The summed E-state index contributed by atoms with van der Waals surface area (Å²) in [5.74, 6) is 0.00665. The van der Waals surface area contributed by atoms with Gasteiger partial charge in [0.2, 0.25) is 0 Å². The first-order valence-corrected chi connectivity index (χ1v) is 12.3. The zero-order chi connectivity index (χ0) is 21.8. The first-order chi connectivity index (χ1) is 14.0. The molecular weight excluding hydrogens is 424 g/mol. The van der Waals surface area contributed by atoms with E-state index in [1.807, 2.05) is 0 Å². The van der Waals surface area contributed by atoms with Crippen molar-refractivity contribution >= 4 is 39.2 Å². The summed E-state index contributed by atoms with van der Waals surface area (Å²) in [7, 11) is -1.76. The van der Waals surface area contributed by atoms with Crippen molar-refractivity contribution in [2.24, 2.45) is 9.50 Å².